The highest BCUT2D eigenvalue weighted by Crippen LogP contribution is 2.36. The van der Waals surface area contributed by atoms with Crippen LogP contribution in [0.2, 0.25) is 0 Å². The van der Waals surface area contributed by atoms with E-state index in [1.807, 2.05) is 12.1 Å². The fraction of sp³-hybridized carbons (Fsp3) is 0.375. The zero-order chi connectivity index (χ0) is 14.8. The maximum atomic E-state index is 9.84. The van der Waals surface area contributed by atoms with Crippen LogP contribution in [0, 0.1) is 0 Å². The summed E-state index contributed by atoms with van der Waals surface area (Å²) >= 11 is 3.35. The average Bonchev–Trinajstić information content (AvgIpc) is 2.97. The van der Waals surface area contributed by atoms with Gasteiger partial charge >= 0.3 is 0 Å². The quantitative estimate of drug-likeness (QED) is 0.876. The van der Waals surface area contributed by atoms with E-state index < -0.39 is 0 Å². The van der Waals surface area contributed by atoms with Crippen LogP contribution in [0.3, 0.4) is 0 Å². The van der Waals surface area contributed by atoms with Crippen LogP contribution in [-0.2, 0) is 13.0 Å². The average molecular weight is 352 g/mol. The summed E-state index contributed by atoms with van der Waals surface area (Å²) in [7, 11) is 1.55. The first-order chi connectivity index (χ1) is 10.2. The molecule has 1 atom stereocenters. The summed E-state index contributed by atoms with van der Waals surface area (Å²) < 4.78 is 11.3. The maximum absolute atomic E-state index is 9.84. The van der Waals surface area contributed by atoms with Crippen molar-refractivity contribution in [3.8, 4) is 11.5 Å². The number of fused-ring (bicyclic) bond motifs is 1. The zero-order valence-corrected chi connectivity index (χ0v) is 13.4. The van der Waals surface area contributed by atoms with Crippen LogP contribution in [-0.4, -0.2) is 12.2 Å². The van der Waals surface area contributed by atoms with E-state index in [4.69, 9.17) is 9.15 Å². The predicted octanol–water partition coefficient (Wildman–Crippen LogP) is 3.92. The SMILES string of the molecule is COc1cc(CNC2CCCc3occc32)cc(Br)c1O. The highest BCUT2D eigenvalue weighted by molar-refractivity contribution is 9.10. The number of methoxy groups -OCH3 is 1. The topological polar surface area (TPSA) is 54.6 Å². The minimum absolute atomic E-state index is 0.135. The normalized spacial score (nSPS) is 17.5. The minimum atomic E-state index is 0.135. The molecule has 0 saturated carbocycles. The van der Waals surface area contributed by atoms with Gasteiger partial charge in [-0.25, -0.2) is 0 Å². The number of phenols is 1. The molecular weight excluding hydrogens is 334 g/mol. The Labute approximate surface area is 132 Å². The number of aryl methyl sites for hydroxylation is 1. The molecule has 1 aromatic heterocycles. The summed E-state index contributed by atoms with van der Waals surface area (Å²) in [6, 6.07) is 6.14. The van der Waals surface area contributed by atoms with Crippen molar-refractivity contribution in [2.24, 2.45) is 0 Å². The highest BCUT2D eigenvalue weighted by atomic mass is 79.9. The lowest BCUT2D eigenvalue weighted by atomic mass is 9.93. The van der Waals surface area contributed by atoms with Crippen LogP contribution in [0.1, 0.15) is 35.8 Å². The third kappa shape index (κ3) is 2.94. The third-order valence-electron chi connectivity index (χ3n) is 3.91. The van der Waals surface area contributed by atoms with E-state index in [2.05, 4.69) is 27.3 Å². The lowest BCUT2D eigenvalue weighted by Crippen LogP contribution is -2.24. The van der Waals surface area contributed by atoms with Crippen LogP contribution < -0.4 is 10.1 Å². The number of aromatic hydroxyl groups is 1. The molecule has 0 aliphatic heterocycles. The minimum Gasteiger partial charge on any atom is -0.503 e. The molecule has 112 valence electrons. The molecule has 0 radical (unpaired) electrons. The van der Waals surface area contributed by atoms with E-state index in [0.717, 1.165) is 30.6 Å². The fourth-order valence-electron chi connectivity index (χ4n) is 2.82. The Hall–Kier alpha value is -1.46. The summed E-state index contributed by atoms with van der Waals surface area (Å²) in [6.07, 6.45) is 5.05. The first kappa shape index (κ1) is 14.5. The summed E-state index contributed by atoms with van der Waals surface area (Å²) in [5, 5.41) is 13.4. The van der Waals surface area contributed by atoms with Gasteiger partial charge in [0.2, 0.25) is 0 Å². The van der Waals surface area contributed by atoms with E-state index >= 15 is 0 Å². The Morgan fingerprint density at radius 2 is 2.33 bits per heavy atom. The summed E-state index contributed by atoms with van der Waals surface area (Å²) in [4.78, 5) is 0. The zero-order valence-electron chi connectivity index (χ0n) is 11.9. The van der Waals surface area contributed by atoms with Crippen LogP contribution in [0.4, 0.5) is 0 Å². The van der Waals surface area contributed by atoms with E-state index in [1.165, 1.54) is 5.56 Å². The second kappa shape index (κ2) is 6.12. The van der Waals surface area contributed by atoms with E-state index in [-0.39, 0.29) is 5.75 Å². The molecule has 0 saturated heterocycles. The number of nitrogens with one attached hydrogen (secondary N) is 1. The number of halogens is 1. The third-order valence-corrected chi connectivity index (χ3v) is 4.52. The summed E-state index contributed by atoms with van der Waals surface area (Å²) in [6.45, 7) is 0.713. The van der Waals surface area contributed by atoms with Crippen molar-refractivity contribution >= 4 is 15.9 Å². The van der Waals surface area contributed by atoms with Gasteiger partial charge in [-0.2, -0.15) is 0 Å². The predicted molar refractivity (Wildman–Crippen MR) is 83.6 cm³/mol. The van der Waals surface area contributed by atoms with Gasteiger partial charge in [0.1, 0.15) is 5.76 Å². The first-order valence-electron chi connectivity index (χ1n) is 7.04. The maximum Gasteiger partial charge on any atom is 0.172 e. The van der Waals surface area contributed by atoms with Crippen molar-refractivity contribution in [3.05, 3.63) is 45.8 Å². The van der Waals surface area contributed by atoms with Gasteiger partial charge in [-0.05, 0) is 52.5 Å². The van der Waals surface area contributed by atoms with E-state index in [1.54, 1.807) is 13.4 Å². The molecule has 1 aliphatic carbocycles. The molecule has 4 nitrogen and oxygen atoms in total. The number of rotatable bonds is 4. The van der Waals surface area contributed by atoms with Crippen molar-refractivity contribution in [2.75, 3.05) is 7.11 Å². The van der Waals surface area contributed by atoms with E-state index in [9.17, 15) is 5.11 Å². The number of hydrogen-bond donors (Lipinski definition) is 2. The smallest absolute Gasteiger partial charge is 0.172 e. The Kier molecular flexibility index (Phi) is 4.22. The fourth-order valence-corrected chi connectivity index (χ4v) is 3.31. The summed E-state index contributed by atoms with van der Waals surface area (Å²) in [5.74, 6) is 1.72. The molecule has 0 amide bonds. The molecule has 2 N–H and O–H groups in total. The molecule has 1 heterocycles. The molecule has 1 aromatic carbocycles. The molecule has 5 heteroatoms. The number of furan rings is 1. The van der Waals surface area contributed by atoms with E-state index in [0.29, 0.717) is 22.8 Å². The molecule has 21 heavy (non-hydrogen) atoms. The molecule has 1 aliphatic rings. The second-order valence-corrected chi connectivity index (χ2v) is 6.11. The van der Waals surface area contributed by atoms with Crippen molar-refractivity contribution in [1.29, 1.82) is 0 Å². The Morgan fingerprint density at radius 3 is 3.14 bits per heavy atom. The Bertz CT molecular complexity index is 638. The van der Waals surface area contributed by atoms with Crippen LogP contribution in [0.25, 0.3) is 0 Å². The first-order valence-corrected chi connectivity index (χ1v) is 7.83. The van der Waals surface area contributed by atoms with Gasteiger partial charge in [-0.3, -0.25) is 0 Å². The lowest BCUT2D eigenvalue weighted by molar-refractivity contribution is 0.370. The van der Waals surface area contributed by atoms with Crippen molar-refractivity contribution in [1.82, 2.24) is 5.32 Å². The van der Waals surface area contributed by atoms with Gasteiger partial charge in [0.25, 0.3) is 0 Å². The highest BCUT2D eigenvalue weighted by Gasteiger charge is 2.22. The van der Waals surface area contributed by atoms with Crippen molar-refractivity contribution < 1.29 is 14.3 Å². The molecule has 3 rings (SSSR count). The Balaban J connectivity index is 1.73. The number of hydrogen-bond acceptors (Lipinski definition) is 4. The van der Waals surface area contributed by atoms with Gasteiger partial charge < -0.3 is 19.6 Å². The van der Waals surface area contributed by atoms with Crippen molar-refractivity contribution in [2.45, 2.75) is 31.8 Å². The summed E-state index contributed by atoms with van der Waals surface area (Å²) in [5.41, 5.74) is 2.33. The monoisotopic (exact) mass is 351 g/mol. The van der Waals surface area contributed by atoms with Crippen LogP contribution in [0.5, 0.6) is 11.5 Å². The van der Waals surface area contributed by atoms with Gasteiger partial charge in [-0.1, -0.05) is 0 Å². The van der Waals surface area contributed by atoms with Gasteiger partial charge in [0.15, 0.2) is 11.5 Å². The molecular formula is C16H18BrNO3. The van der Waals surface area contributed by atoms with Crippen molar-refractivity contribution in [3.63, 3.8) is 0 Å². The molecule has 0 spiro atoms. The molecule has 2 aromatic rings. The van der Waals surface area contributed by atoms with Gasteiger partial charge in [0.05, 0.1) is 17.8 Å². The second-order valence-electron chi connectivity index (χ2n) is 5.25. The van der Waals surface area contributed by atoms with Crippen LogP contribution >= 0.6 is 15.9 Å². The molecule has 0 fully saturated rings. The molecule has 0 bridgehead atoms. The standard InChI is InChI=1S/C16H18BrNO3/c1-20-15-8-10(7-12(17)16(15)19)9-18-13-3-2-4-14-11(13)5-6-21-14/h5-8,13,18-19H,2-4,9H2,1H3. The number of benzene rings is 1. The number of phenolic OH excluding ortho intramolecular Hbond substituents is 1. The van der Waals surface area contributed by atoms with Gasteiger partial charge in [0, 0.05) is 24.6 Å². The largest absolute Gasteiger partial charge is 0.503 e. The Morgan fingerprint density at radius 1 is 1.48 bits per heavy atom. The van der Waals surface area contributed by atoms with Crippen LogP contribution in [0.15, 0.2) is 33.4 Å². The lowest BCUT2D eigenvalue weighted by Gasteiger charge is -2.23. The number of ether oxygens (including phenoxy) is 1. The molecule has 1 unspecified atom stereocenters. The van der Waals surface area contributed by atoms with Gasteiger partial charge in [-0.15, -0.1) is 0 Å².